The van der Waals surface area contributed by atoms with Crippen LogP contribution in [0.3, 0.4) is 0 Å². The molecule has 134 valence electrons. The molecule has 0 unspecified atom stereocenters. The van der Waals surface area contributed by atoms with Gasteiger partial charge in [0.2, 0.25) is 0 Å². The van der Waals surface area contributed by atoms with Crippen molar-refractivity contribution in [3.63, 3.8) is 0 Å². The van der Waals surface area contributed by atoms with Crippen molar-refractivity contribution in [2.24, 2.45) is 11.8 Å². The highest BCUT2D eigenvalue weighted by atomic mass is 16.5. The highest BCUT2D eigenvalue weighted by molar-refractivity contribution is 5.62. The predicted molar refractivity (Wildman–Crippen MR) is 99.2 cm³/mol. The molecule has 3 heterocycles. The summed E-state index contributed by atoms with van der Waals surface area (Å²) in [5.74, 6) is 1.50. The molecule has 2 fully saturated rings. The highest BCUT2D eigenvalue weighted by Crippen LogP contribution is 2.28. The van der Waals surface area contributed by atoms with Crippen molar-refractivity contribution in [2.75, 3.05) is 45.9 Å². The lowest BCUT2D eigenvalue weighted by atomic mass is 9.97. The van der Waals surface area contributed by atoms with E-state index in [2.05, 4.69) is 57.4 Å². The number of morpholine rings is 1. The molecule has 5 heteroatoms. The van der Waals surface area contributed by atoms with Crippen LogP contribution in [-0.4, -0.2) is 65.9 Å². The summed E-state index contributed by atoms with van der Waals surface area (Å²) in [5, 5.41) is 7.55. The van der Waals surface area contributed by atoms with Crippen LogP contribution in [0.1, 0.15) is 12.5 Å². The smallest absolute Gasteiger partial charge is 0.0965 e. The maximum absolute atomic E-state index is 5.47. The molecule has 1 aromatic carbocycles. The van der Waals surface area contributed by atoms with Gasteiger partial charge in [-0.25, -0.2) is 0 Å². The molecule has 25 heavy (non-hydrogen) atoms. The van der Waals surface area contributed by atoms with Crippen LogP contribution < -0.4 is 0 Å². The molecule has 5 nitrogen and oxygen atoms in total. The lowest BCUT2D eigenvalue weighted by Gasteiger charge is -2.30. The summed E-state index contributed by atoms with van der Waals surface area (Å²) in [6, 6.07) is 10.5. The molecule has 2 saturated heterocycles. The van der Waals surface area contributed by atoms with Crippen molar-refractivity contribution in [3.05, 3.63) is 42.1 Å². The Bertz CT molecular complexity index is 665. The van der Waals surface area contributed by atoms with Crippen molar-refractivity contribution >= 4 is 0 Å². The normalized spacial score (nSPS) is 25.5. The topological polar surface area (TPSA) is 44.4 Å². The maximum atomic E-state index is 5.47. The number of likely N-dealkylation sites (tertiary alicyclic amines) is 1. The van der Waals surface area contributed by atoms with Crippen LogP contribution in [0.15, 0.2) is 36.5 Å². The Labute approximate surface area is 150 Å². The van der Waals surface area contributed by atoms with Gasteiger partial charge < -0.3 is 4.74 Å². The van der Waals surface area contributed by atoms with Crippen LogP contribution in [-0.2, 0) is 11.3 Å². The van der Waals surface area contributed by atoms with E-state index in [1.807, 2.05) is 6.07 Å². The Hall–Kier alpha value is -1.69. The van der Waals surface area contributed by atoms with E-state index in [0.717, 1.165) is 50.4 Å². The molecule has 0 radical (unpaired) electrons. The van der Waals surface area contributed by atoms with Gasteiger partial charge in [0, 0.05) is 56.6 Å². The zero-order valence-electron chi connectivity index (χ0n) is 15.0. The van der Waals surface area contributed by atoms with Crippen molar-refractivity contribution in [3.8, 4) is 11.3 Å². The minimum Gasteiger partial charge on any atom is -0.379 e. The fourth-order valence-corrected chi connectivity index (χ4v) is 4.15. The quantitative estimate of drug-likeness (QED) is 0.908. The molecule has 4 rings (SSSR count). The molecule has 0 bridgehead atoms. The summed E-state index contributed by atoms with van der Waals surface area (Å²) in [7, 11) is 0. The van der Waals surface area contributed by atoms with Crippen LogP contribution in [0.4, 0.5) is 0 Å². The van der Waals surface area contributed by atoms with Gasteiger partial charge in [-0.3, -0.25) is 14.9 Å². The molecule has 0 saturated carbocycles. The Morgan fingerprint density at radius 2 is 1.92 bits per heavy atom. The van der Waals surface area contributed by atoms with E-state index in [4.69, 9.17) is 4.74 Å². The predicted octanol–water partition coefficient (Wildman–Crippen LogP) is 2.48. The summed E-state index contributed by atoms with van der Waals surface area (Å²) < 4.78 is 5.47. The minimum atomic E-state index is 0.745. The first-order valence-corrected chi connectivity index (χ1v) is 9.40. The van der Waals surface area contributed by atoms with E-state index in [-0.39, 0.29) is 0 Å². The molecule has 0 spiro atoms. The molecule has 2 aliphatic rings. The van der Waals surface area contributed by atoms with Gasteiger partial charge in [0.1, 0.15) is 0 Å². The lowest BCUT2D eigenvalue weighted by molar-refractivity contribution is 0.0290. The average molecular weight is 340 g/mol. The largest absolute Gasteiger partial charge is 0.379 e. The third-order valence-corrected chi connectivity index (χ3v) is 5.60. The van der Waals surface area contributed by atoms with E-state index in [1.54, 1.807) is 0 Å². The van der Waals surface area contributed by atoms with Gasteiger partial charge in [-0.15, -0.1) is 0 Å². The second kappa shape index (κ2) is 7.68. The van der Waals surface area contributed by atoms with E-state index in [1.165, 1.54) is 30.8 Å². The fourth-order valence-electron chi connectivity index (χ4n) is 4.15. The van der Waals surface area contributed by atoms with Crippen LogP contribution in [0, 0.1) is 11.8 Å². The Morgan fingerprint density at radius 1 is 1.12 bits per heavy atom. The Morgan fingerprint density at radius 3 is 2.72 bits per heavy atom. The van der Waals surface area contributed by atoms with Crippen molar-refractivity contribution in [2.45, 2.75) is 13.5 Å². The number of nitrogens with one attached hydrogen (secondary N) is 1. The summed E-state index contributed by atoms with van der Waals surface area (Å²) in [6.07, 6.45) is 2.06. The number of hydrogen-bond donors (Lipinski definition) is 1. The summed E-state index contributed by atoms with van der Waals surface area (Å²) in [5.41, 5.74) is 3.58. The van der Waals surface area contributed by atoms with Crippen LogP contribution >= 0.6 is 0 Å². The van der Waals surface area contributed by atoms with Crippen molar-refractivity contribution < 1.29 is 4.74 Å². The van der Waals surface area contributed by atoms with Crippen molar-refractivity contribution in [1.82, 2.24) is 20.0 Å². The van der Waals surface area contributed by atoms with Crippen LogP contribution in [0.2, 0.25) is 0 Å². The van der Waals surface area contributed by atoms with Gasteiger partial charge in [0.25, 0.3) is 0 Å². The molecule has 1 aromatic heterocycles. The number of nitrogens with zero attached hydrogens (tertiary/aromatic N) is 3. The minimum absolute atomic E-state index is 0.745. The first-order chi connectivity index (χ1) is 12.3. The van der Waals surface area contributed by atoms with E-state index >= 15 is 0 Å². The van der Waals surface area contributed by atoms with Gasteiger partial charge in [-0.2, -0.15) is 5.10 Å². The first-order valence-electron chi connectivity index (χ1n) is 9.40. The fraction of sp³-hybridized carbons (Fsp3) is 0.550. The van der Waals surface area contributed by atoms with E-state index in [9.17, 15) is 0 Å². The van der Waals surface area contributed by atoms with E-state index in [0.29, 0.717) is 0 Å². The number of benzene rings is 1. The number of aromatic amines is 1. The zero-order valence-corrected chi connectivity index (χ0v) is 15.0. The maximum Gasteiger partial charge on any atom is 0.0965 e. The van der Waals surface area contributed by atoms with Crippen molar-refractivity contribution in [1.29, 1.82) is 0 Å². The lowest BCUT2D eigenvalue weighted by Crippen LogP contribution is -2.40. The van der Waals surface area contributed by atoms with Gasteiger partial charge in [0.15, 0.2) is 0 Å². The molecule has 0 aliphatic carbocycles. The van der Waals surface area contributed by atoms with Gasteiger partial charge in [-0.05, 0) is 11.8 Å². The average Bonchev–Trinajstić information content (AvgIpc) is 3.24. The zero-order chi connectivity index (χ0) is 17.1. The summed E-state index contributed by atoms with van der Waals surface area (Å²) in [4.78, 5) is 5.16. The second-order valence-corrected chi connectivity index (χ2v) is 7.47. The van der Waals surface area contributed by atoms with Gasteiger partial charge in [-0.1, -0.05) is 37.3 Å². The standard InChI is InChI=1S/C20H28N4O/c1-16-12-24(15-19(16)14-23-7-9-25-10-8-23)13-18-11-21-22-20(18)17-5-3-2-4-6-17/h2-6,11,16,19H,7-10,12-15H2,1H3,(H,21,22)/t16-,19+/m0/s1. The number of H-pyrrole nitrogens is 1. The Kier molecular flexibility index (Phi) is 5.15. The molecule has 2 aromatic rings. The number of ether oxygens (including phenoxy) is 1. The third kappa shape index (κ3) is 3.94. The monoisotopic (exact) mass is 340 g/mol. The van der Waals surface area contributed by atoms with Crippen LogP contribution in [0.25, 0.3) is 11.3 Å². The number of hydrogen-bond acceptors (Lipinski definition) is 4. The molecule has 2 atom stereocenters. The molecular formula is C20H28N4O. The highest BCUT2D eigenvalue weighted by Gasteiger charge is 2.31. The van der Waals surface area contributed by atoms with Crippen LogP contribution in [0.5, 0.6) is 0 Å². The number of rotatable bonds is 5. The second-order valence-electron chi connectivity index (χ2n) is 7.47. The first kappa shape index (κ1) is 16.8. The molecule has 0 amide bonds. The summed E-state index contributed by atoms with van der Waals surface area (Å²) in [6.45, 7) is 10.9. The van der Waals surface area contributed by atoms with Gasteiger partial charge in [0.05, 0.1) is 18.9 Å². The SMILES string of the molecule is C[C@H]1CN(Cc2c[nH]nc2-c2ccccc2)C[C@H]1CN1CCOCC1. The third-order valence-electron chi connectivity index (χ3n) is 5.60. The number of aromatic nitrogens is 2. The molecule has 2 aliphatic heterocycles. The molecular weight excluding hydrogens is 312 g/mol. The van der Waals surface area contributed by atoms with E-state index < -0.39 is 0 Å². The summed E-state index contributed by atoms with van der Waals surface area (Å²) >= 11 is 0. The molecule has 1 N–H and O–H groups in total. The Balaban J connectivity index is 1.38. The van der Waals surface area contributed by atoms with Gasteiger partial charge >= 0.3 is 0 Å².